The van der Waals surface area contributed by atoms with Gasteiger partial charge >= 0.3 is 0 Å². The van der Waals surface area contributed by atoms with Gasteiger partial charge in [0.2, 0.25) is 5.91 Å². The van der Waals surface area contributed by atoms with E-state index in [2.05, 4.69) is 15.5 Å². The summed E-state index contributed by atoms with van der Waals surface area (Å²) in [4.78, 5) is 33.1. The molecule has 33 heavy (non-hydrogen) atoms. The van der Waals surface area contributed by atoms with Crippen molar-refractivity contribution in [1.82, 2.24) is 9.88 Å². The van der Waals surface area contributed by atoms with Crippen LogP contribution in [0.4, 0.5) is 10.8 Å². The van der Waals surface area contributed by atoms with E-state index in [4.69, 9.17) is 9.72 Å². The first kappa shape index (κ1) is 21.8. The summed E-state index contributed by atoms with van der Waals surface area (Å²) in [5.41, 5.74) is 4.30. The fourth-order valence-electron chi connectivity index (χ4n) is 4.18. The van der Waals surface area contributed by atoms with E-state index in [0.717, 1.165) is 73.1 Å². The Hall–Kier alpha value is -3.07. The number of benzene rings is 2. The van der Waals surface area contributed by atoms with Crippen LogP contribution < -0.4 is 10.6 Å². The molecular weight excluding hydrogens is 436 g/mol. The Bertz CT molecular complexity index is 1160. The number of ether oxygens (including phenoxy) is 1. The molecule has 2 aliphatic heterocycles. The maximum Gasteiger partial charge on any atom is 0.257 e. The average molecular weight is 463 g/mol. The quantitative estimate of drug-likeness (QED) is 0.595. The number of carbonyl (C=O) groups is 2. The number of carbonyl (C=O) groups excluding carboxylic acids is 2. The minimum atomic E-state index is -0.195. The van der Waals surface area contributed by atoms with Gasteiger partial charge in [-0.15, -0.1) is 0 Å². The number of rotatable bonds is 5. The molecule has 170 valence electrons. The Morgan fingerprint density at radius 1 is 1.12 bits per heavy atom. The Morgan fingerprint density at radius 2 is 1.94 bits per heavy atom. The number of aromatic nitrogens is 1. The molecule has 0 radical (unpaired) electrons. The minimum Gasteiger partial charge on any atom is -0.379 e. The molecule has 0 unspecified atom stereocenters. The van der Waals surface area contributed by atoms with E-state index in [-0.39, 0.29) is 11.8 Å². The number of morpholine rings is 1. The molecule has 0 saturated carbocycles. The van der Waals surface area contributed by atoms with Gasteiger partial charge in [-0.2, -0.15) is 0 Å². The van der Waals surface area contributed by atoms with Crippen LogP contribution >= 0.6 is 11.3 Å². The number of anilines is 2. The maximum atomic E-state index is 13.0. The Balaban J connectivity index is 1.38. The Kier molecular flexibility index (Phi) is 6.48. The molecular formula is C25H26N4O3S. The number of aryl methyl sites for hydroxylation is 1. The van der Waals surface area contributed by atoms with Gasteiger partial charge in [-0.1, -0.05) is 41.7 Å². The molecule has 2 aromatic carbocycles. The molecule has 8 heteroatoms. The summed E-state index contributed by atoms with van der Waals surface area (Å²) in [6.07, 6.45) is 2.06. The Labute approximate surface area is 196 Å². The van der Waals surface area contributed by atoms with Crippen LogP contribution in [0.2, 0.25) is 0 Å². The van der Waals surface area contributed by atoms with E-state index in [9.17, 15) is 9.59 Å². The molecule has 3 heterocycles. The first-order valence-electron chi connectivity index (χ1n) is 11.2. The first-order chi connectivity index (χ1) is 16.2. The van der Waals surface area contributed by atoms with Crippen molar-refractivity contribution >= 4 is 34.0 Å². The molecule has 0 bridgehead atoms. The number of nitrogens with zero attached hydrogens (tertiary/aromatic N) is 2. The molecule has 3 aromatic rings. The third-order valence-corrected chi connectivity index (χ3v) is 6.88. The molecule has 2 aliphatic rings. The standard InChI is InChI=1S/C25H26N4O3S/c30-22-8-4-7-18-15-19(9-10-20(18)26-22)24(31)28-25-27-23(17-5-2-1-3-6-17)21(33-25)16-29-11-13-32-14-12-29/h1-3,5-6,9-10,15H,4,7-8,11-14,16H2,(H,26,30)(H,27,28,31). The zero-order valence-corrected chi connectivity index (χ0v) is 19.1. The summed E-state index contributed by atoms with van der Waals surface area (Å²) in [6.45, 7) is 4.03. The van der Waals surface area contributed by atoms with Crippen LogP contribution in [0.25, 0.3) is 11.3 Å². The summed E-state index contributed by atoms with van der Waals surface area (Å²) in [7, 11) is 0. The lowest BCUT2D eigenvalue weighted by Crippen LogP contribution is -2.35. The van der Waals surface area contributed by atoms with Crippen molar-refractivity contribution in [2.75, 3.05) is 36.9 Å². The third kappa shape index (κ3) is 5.13. The highest BCUT2D eigenvalue weighted by atomic mass is 32.1. The van der Waals surface area contributed by atoms with Gasteiger partial charge in [-0.3, -0.25) is 19.8 Å². The van der Waals surface area contributed by atoms with Crippen LogP contribution in [0.3, 0.4) is 0 Å². The lowest BCUT2D eigenvalue weighted by molar-refractivity contribution is -0.116. The zero-order chi connectivity index (χ0) is 22.6. The lowest BCUT2D eigenvalue weighted by Gasteiger charge is -2.26. The van der Waals surface area contributed by atoms with Gasteiger partial charge in [0, 0.05) is 47.7 Å². The van der Waals surface area contributed by atoms with Crippen molar-refractivity contribution < 1.29 is 14.3 Å². The van der Waals surface area contributed by atoms with E-state index in [1.165, 1.54) is 11.3 Å². The van der Waals surface area contributed by atoms with Crippen molar-refractivity contribution in [3.05, 3.63) is 64.5 Å². The highest BCUT2D eigenvalue weighted by Gasteiger charge is 2.20. The van der Waals surface area contributed by atoms with Crippen LogP contribution in [0.5, 0.6) is 0 Å². The van der Waals surface area contributed by atoms with Gasteiger partial charge < -0.3 is 10.1 Å². The first-order valence-corrected chi connectivity index (χ1v) is 12.1. The highest BCUT2D eigenvalue weighted by molar-refractivity contribution is 7.16. The summed E-state index contributed by atoms with van der Waals surface area (Å²) in [5, 5.41) is 6.49. The highest BCUT2D eigenvalue weighted by Crippen LogP contribution is 2.33. The number of thiazole rings is 1. The SMILES string of the molecule is O=C1CCCc2cc(C(=O)Nc3nc(-c4ccccc4)c(CN4CCOCC4)s3)ccc2N1. The van der Waals surface area contributed by atoms with Crippen molar-refractivity contribution in [1.29, 1.82) is 0 Å². The molecule has 7 nitrogen and oxygen atoms in total. The van der Waals surface area contributed by atoms with Crippen LogP contribution in [0.1, 0.15) is 33.6 Å². The van der Waals surface area contributed by atoms with E-state index >= 15 is 0 Å². The number of nitrogens with one attached hydrogen (secondary N) is 2. The summed E-state index contributed by atoms with van der Waals surface area (Å²) >= 11 is 1.52. The fourth-order valence-corrected chi connectivity index (χ4v) is 5.20. The lowest BCUT2D eigenvalue weighted by atomic mass is 10.0. The summed E-state index contributed by atoms with van der Waals surface area (Å²) in [6, 6.07) is 15.5. The van der Waals surface area contributed by atoms with Crippen LogP contribution in [-0.2, 0) is 22.5 Å². The fraction of sp³-hybridized carbons (Fsp3) is 0.320. The molecule has 2 N–H and O–H groups in total. The molecule has 0 aliphatic carbocycles. The summed E-state index contributed by atoms with van der Waals surface area (Å²) in [5.74, 6) is -0.172. The Morgan fingerprint density at radius 3 is 2.76 bits per heavy atom. The smallest absolute Gasteiger partial charge is 0.257 e. The molecule has 2 amide bonds. The van der Waals surface area contributed by atoms with Gasteiger partial charge in [-0.25, -0.2) is 4.98 Å². The second-order valence-electron chi connectivity index (χ2n) is 8.27. The molecule has 1 saturated heterocycles. The van der Waals surface area contributed by atoms with Gasteiger partial charge in [0.25, 0.3) is 5.91 Å². The normalized spacial score (nSPS) is 16.5. The van der Waals surface area contributed by atoms with Crippen molar-refractivity contribution in [2.24, 2.45) is 0 Å². The van der Waals surface area contributed by atoms with Crippen LogP contribution in [0, 0.1) is 0 Å². The number of fused-ring (bicyclic) bond motifs is 1. The third-order valence-electron chi connectivity index (χ3n) is 5.93. The largest absolute Gasteiger partial charge is 0.379 e. The molecule has 5 rings (SSSR count). The van der Waals surface area contributed by atoms with E-state index in [1.807, 2.05) is 42.5 Å². The van der Waals surface area contributed by atoms with Crippen LogP contribution in [0.15, 0.2) is 48.5 Å². The zero-order valence-electron chi connectivity index (χ0n) is 18.3. The van der Waals surface area contributed by atoms with Gasteiger partial charge in [0.05, 0.1) is 18.9 Å². The molecule has 0 atom stereocenters. The minimum absolute atomic E-state index is 0.0231. The predicted octanol–water partition coefficient (Wildman–Crippen LogP) is 4.17. The van der Waals surface area contributed by atoms with Gasteiger partial charge in [0.1, 0.15) is 0 Å². The molecule has 0 spiro atoms. The van der Waals surface area contributed by atoms with Gasteiger partial charge in [-0.05, 0) is 36.6 Å². The maximum absolute atomic E-state index is 13.0. The van der Waals surface area contributed by atoms with Crippen LogP contribution in [-0.4, -0.2) is 48.0 Å². The van der Waals surface area contributed by atoms with Crippen molar-refractivity contribution in [3.63, 3.8) is 0 Å². The number of amides is 2. The number of hydrogen-bond donors (Lipinski definition) is 2. The van der Waals surface area contributed by atoms with Gasteiger partial charge in [0.15, 0.2) is 5.13 Å². The van der Waals surface area contributed by atoms with E-state index < -0.39 is 0 Å². The summed E-state index contributed by atoms with van der Waals surface area (Å²) < 4.78 is 5.48. The monoisotopic (exact) mass is 462 g/mol. The van der Waals surface area contributed by atoms with E-state index in [0.29, 0.717) is 17.1 Å². The van der Waals surface area contributed by atoms with Crippen molar-refractivity contribution in [2.45, 2.75) is 25.8 Å². The predicted molar refractivity (Wildman–Crippen MR) is 130 cm³/mol. The molecule has 1 fully saturated rings. The second-order valence-corrected chi connectivity index (χ2v) is 9.36. The van der Waals surface area contributed by atoms with Crippen molar-refractivity contribution in [3.8, 4) is 11.3 Å². The second kappa shape index (κ2) is 9.82. The van der Waals surface area contributed by atoms with E-state index in [1.54, 1.807) is 6.07 Å². The molecule has 1 aromatic heterocycles. The average Bonchev–Trinajstić information content (AvgIpc) is 3.12. The number of hydrogen-bond acceptors (Lipinski definition) is 6. The topological polar surface area (TPSA) is 83.6 Å².